The number of cyclic esters (lactones) is 1. The Bertz CT molecular complexity index is 802. The van der Waals surface area contributed by atoms with Crippen LogP contribution < -0.4 is 5.32 Å². The lowest BCUT2D eigenvalue weighted by Crippen LogP contribution is -2.49. The molecule has 1 N–H and O–H groups in total. The third-order valence-corrected chi connectivity index (χ3v) is 5.01. The fourth-order valence-electron chi connectivity index (χ4n) is 3.58. The first-order valence-corrected chi connectivity index (χ1v) is 8.39. The van der Waals surface area contributed by atoms with Crippen molar-refractivity contribution in [2.24, 2.45) is 0 Å². The van der Waals surface area contributed by atoms with Crippen LogP contribution in [0.4, 0.5) is 4.79 Å². The molecule has 1 atom stereocenters. The Kier molecular flexibility index (Phi) is 3.71. The molecule has 0 bridgehead atoms. The van der Waals surface area contributed by atoms with Crippen LogP contribution in [0.2, 0.25) is 0 Å². The van der Waals surface area contributed by atoms with E-state index in [1.54, 1.807) is 6.92 Å². The largest absolute Gasteiger partial charge is 0.464 e. The molecule has 1 heterocycles. The Morgan fingerprint density at radius 3 is 2.32 bits per heavy atom. The molecule has 25 heavy (non-hydrogen) atoms. The Labute approximate surface area is 145 Å². The summed E-state index contributed by atoms with van der Waals surface area (Å²) in [4.78, 5) is 23.9. The summed E-state index contributed by atoms with van der Waals surface area (Å²) in [6.45, 7) is 2.20. The molecule has 0 aromatic heterocycles. The zero-order valence-corrected chi connectivity index (χ0v) is 14.0. The number of amides is 1. The van der Waals surface area contributed by atoms with Gasteiger partial charge in [-0.05, 0) is 29.2 Å². The minimum Gasteiger partial charge on any atom is -0.464 e. The van der Waals surface area contributed by atoms with Crippen LogP contribution in [0.3, 0.4) is 0 Å². The molecule has 2 aromatic rings. The molecule has 5 heteroatoms. The van der Waals surface area contributed by atoms with Gasteiger partial charge in [0.25, 0.3) is 0 Å². The molecule has 128 valence electrons. The number of ether oxygens (including phenoxy) is 2. The molecule has 1 unspecified atom stereocenters. The van der Waals surface area contributed by atoms with E-state index < -0.39 is 17.6 Å². The van der Waals surface area contributed by atoms with E-state index in [4.69, 9.17) is 9.47 Å². The summed E-state index contributed by atoms with van der Waals surface area (Å²) in [5, 5.41) is 2.64. The average molecular weight is 337 g/mol. The molecule has 4 rings (SSSR count). The number of hydrogen-bond acceptors (Lipinski definition) is 4. The summed E-state index contributed by atoms with van der Waals surface area (Å²) in [6, 6.07) is 16.3. The van der Waals surface area contributed by atoms with Gasteiger partial charge in [-0.2, -0.15) is 0 Å². The van der Waals surface area contributed by atoms with E-state index in [1.165, 1.54) is 11.1 Å². The monoisotopic (exact) mass is 337 g/mol. The zero-order valence-electron chi connectivity index (χ0n) is 14.0. The van der Waals surface area contributed by atoms with Crippen molar-refractivity contribution in [3.05, 3.63) is 59.7 Å². The molecule has 0 saturated carbocycles. The summed E-state index contributed by atoms with van der Waals surface area (Å²) in [7, 11) is 0. The van der Waals surface area contributed by atoms with Crippen molar-refractivity contribution < 1.29 is 19.1 Å². The Morgan fingerprint density at radius 2 is 1.76 bits per heavy atom. The molecule has 0 spiro atoms. The fourth-order valence-corrected chi connectivity index (χ4v) is 3.58. The first kappa shape index (κ1) is 15.7. The molecule has 5 nitrogen and oxygen atoms in total. The molecule has 1 saturated heterocycles. The molecule has 0 radical (unpaired) electrons. The number of hydrogen-bond donors (Lipinski definition) is 1. The van der Waals surface area contributed by atoms with Gasteiger partial charge >= 0.3 is 12.1 Å². The summed E-state index contributed by atoms with van der Waals surface area (Å²) < 4.78 is 10.4. The number of rotatable bonds is 3. The lowest BCUT2D eigenvalue weighted by atomic mass is 9.98. The van der Waals surface area contributed by atoms with Gasteiger partial charge < -0.3 is 14.8 Å². The van der Waals surface area contributed by atoms with Crippen LogP contribution in [0.15, 0.2) is 48.5 Å². The maximum absolute atomic E-state index is 12.2. The lowest BCUT2D eigenvalue weighted by Gasteiger charge is -2.21. The Morgan fingerprint density at radius 1 is 1.16 bits per heavy atom. The quantitative estimate of drug-likeness (QED) is 0.874. The van der Waals surface area contributed by atoms with E-state index in [1.807, 2.05) is 24.3 Å². The van der Waals surface area contributed by atoms with Gasteiger partial charge in [-0.15, -0.1) is 0 Å². The molecule has 1 aliphatic heterocycles. The van der Waals surface area contributed by atoms with E-state index in [0.29, 0.717) is 13.0 Å². The minimum atomic E-state index is -0.997. The van der Waals surface area contributed by atoms with E-state index in [2.05, 4.69) is 29.6 Å². The van der Waals surface area contributed by atoms with Crippen LogP contribution in [-0.2, 0) is 14.3 Å². The van der Waals surface area contributed by atoms with Gasteiger partial charge in [0.15, 0.2) is 0 Å². The highest BCUT2D eigenvalue weighted by Gasteiger charge is 2.42. The maximum atomic E-state index is 12.2. The SMILES string of the molecule is CC1(NC(=O)OCC2c3ccccc3-c3ccccc32)CCOC1=O. The molecular formula is C20H19NO4. The van der Waals surface area contributed by atoms with Gasteiger partial charge in [0.1, 0.15) is 12.1 Å². The van der Waals surface area contributed by atoms with E-state index >= 15 is 0 Å². The molecule has 2 aliphatic rings. The highest BCUT2D eigenvalue weighted by atomic mass is 16.6. The number of esters is 1. The van der Waals surface area contributed by atoms with Gasteiger partial charge in [-0.1, -0.05) is 48.5 Å². The van der Waals surface area contributed by atoms with Crippen LogP contribution in [0.25, 0.3) is 11.1 Å². The zero-order chi connectivity index (χ0) is 17.4. The lowest BCUT2D eigenvalue weighted by molar-refractivity contribution is -0.142. The third-order valence-electron chi connectivity index (χ3n) is 5.01. The summed E-state index contributed by atoms with van der Waals surface area (Å²) in [5.41, 5.74) is 3.67. The number of nitrogens with one attached hydrogen (secondary N) is 1. The molecule has 1 fully saturated rings. The van der Waals surface area contributed by atoms with Crippen molar-refractivity contribution in [1.82, 2.24) is 5.32 Å². The van der Waals surface area contributed by atoms with E-state index in [0.717, 1.165) is 11.1 Å². The highest BCUT2D eigenvalue weighted by Crippen LogP contribution is 2.44. The summed E-state index contributed by atoms with van der Waals surface area (Å²) in [6.07, 6.45) is -0.140. The second kappa shape index (κ2) is 5.92. The standard InChI is InChI=1S/C20H19NO4/c1-20(10-11-24-18(20)22)21-19(23)25-12-17-15-8-4-2-6-13(15)14-7-3-5-9-16(14)17/h2-9,17H,10-12H2,1H3,(H,21,23). The fraction of sp³-hybridized carbons (Fsp3) is 0.300. The van der Waals surface area contributed by atoms with Crippen LogP contribution in [0.1, 0.15) is 30.4 Å². The van der Waals surface area contributed by atoms with Crippen molar-refractivity contribution in [2.75, 3.05) is 13.2 Å². The second-order valence-electron chi connectivity index (χ2n) is 6.67. The normalized spacial score (nSPS) is 21.4. The first-order chi connectivity index (χ1) is 12.1. The van der Waals surface area contributed by atoms with Gasteiger partial charge in [-0.25, -0.2) is 9.59 Å². The molecule has 1 amide bonds. The average Bonchev–Trinajstić information content (AvgIpc) is 3.11. The molecule has 1 aliphatic carbocycles. The van der Waals surface area contributed by atoms with E-state index in [-0.39, 0.29) is 12.5 Å². The van der Waals surface area contributed by atoms with Crippen molar-refractivity contribution in [2.45, 2.75) is 24.8 Å². The number of fused-ring (bicyclic) bond motifs is 3. The highest BCUT2D eigenvalue weighted by molar-refractivity contribution is 5.86. The Hall–Kier alpha value is -2.82. The van der Waals surface area contributed by atoms with Crippen molar-refractivity contribution in [3.8, 4) is 11.1 Å². The van der Waals surface area contributed by atoms with Crippen LogP contribution in [-0.4, -0.2) is 30.8 Å². The van der Waals surface area contributed by atoms with Crippen molar-refractivity contribution in [1.29, 1.82) is 0 Å². The van der Waals surface area contributed by atoms with Crippen LogP contribution in [0.5, 0.6) is 0 Å². The van der Waals surface area contributed by atoms with Gasteiger partial charge in [0.2, 0.25) is 0 Å². The smallest absolute Gasteiger partial charge is 0.408 e. The first-order valence-electron chi connectivity index (χ1n) is 8.39. The molecular weight excluding hydrogens is 318 g/mol. The maximum Gasteiger partial charge on any atom is 0.408 e. The predicted octanol–water partition coefficient (Wildman–Crippen LogP) is 3.23. The summed E-state index contributed by atoms with van der Waals surface area (Å²) >= 11 is 0. The van der Waals surface area contributed by atoms with Gasteiger partial charge in [0, 0.05) is 12.3 Å². The third kappa shape index (κ3) is 2.65. The predicted molar refractivity (Wildman–Crippen MR) is 92.2 cm³/mol. The van der Waals surface area contributed by atoms with Crippen molar-refractivity contribution in [3.63, 3.8) is 0 Å². The van der Waals surface area contributed by atoms with Gasteiger partial charge in [0.05, 0.1) is 6.61 Å². The molecule has 2 aromatic carbocycles. The number of alkyl carbamates (subject to hydrolysis) is 1. The number of carbonyl (C=O) groups excluding carboxylic acids is 2. The second-order valence-corrected chi connectivity index (χ2v) is 6.67. The van der Waals surface area contributed by atoms with Gasteiger partial charge in [-0.3, -0.25) is 0 Å². The minimum absolute atomic E-state index is 0.00138. The topological polar surface area (TPSA) is 64.6 Å². The number of benzene rings is 2. The van der Waals surface area contributed by atoms with Crippen molar-refractivity contribution >= 4 is 12.1 Å². The Balaban J connectivity index is 1.50. The summed E-state index contributed by atoms with van der Waals surface area (Å²) in [5.74, 6) is -0.414. The van der Waals surface area contributed by atoms with E-state index in [9.17, 15) is 9.59 Å². The van der Waals surface area contributed by atoms with Crippen LogP contribution in [0, 0.1) is 0 Å². The number of carbonyl (C=O) groups is 2. The van der Waals surface area contributed by atoms with Crippen LogP contribution >= 0.6 is 0 Å².